The SMILES string of the molecule is C#Cc1c(F)ccc2cc(O)cc(-c3oc(=O)c4c(NCCc5cccnc5)nc(OC[C@@]56CCCN5C[C@H](F)C6)nc4c3C)c12. The Morgan fingerprint density at radius 1 is 1.26 bits per heavy atom. The number of rotatable bonds is 8. The first kappa shape index (κ1) is 29.6. The number of hydrogen-bond acceptors (Lipinski definition) is 9. The van der Waals surface area contributed by atoms with Crippen molar-refractivity contribution in [1.29, 1.82) is 0 Å². The van der Waals surface area contributed by atoms with Gasteiger partial charge in [0, 0.05) is 48.4 Å². The normalized spacial score (nSPS) is 19.4. The van der Waals surface area contributed by atoms with Crippen LogP contribution in [-0.2, 0) is 6.42 Å². The third-order valence-electron chi connectivity index (χ3n) is 9.08. The molecule has 0 aliphatic carbocycles. The van der Waals surface area contributed by atoms with Crippen LogP contribution in [0.3, 0.4) is 0 Å². The topological polar surface area (TPSA) is 114 Å². The highest BCUT2D eigenvalue weighted by Gasteiger charge is 2.49. The number of pyridine rings is 1. The van der Waals surface area contributed by atoms with Gasteiger partial charge in [-0.25, -0.2) is 13.6 Å². The van der Waals surface area contributed by atoms with Gasteiger partial charge in [-0.15, -0.1) is 6.42 Å². The Kier molecular flexibility index (Phi) is 7.53. The monoisotopic (exact) mass is 623 g/mol. The molecule has 0 spiro atoms. The zero-order valence-corrected chi connectivity index (χ0v) is 25.1. The number of phenolic OH excluding ortho intramolecular Hbond substituents is 1. The van der Waals surface area contributed by atoms with E-state index in [9.17, 15) is 18.7 Å². The third kappa shape index (κ3) is 5.18. The molecule has 0 amide bonds. The van der Waals surface area contributed by atoms with Gasteiger partial charge in [0.1, 0.15) is 41.3 Å². The van der Waals surface area contributed by atoms with Gasteiger partial charge in [0.05, 0.1) is 16.6 Å². The van der Waals surface area contributed by atoms with E-state index in [2.05, 4.69) is 31.1 Å². The third-order valence-corrected chi connectivity index (χ3v) is 9.08. The Morgan fingerprint density at radius 3 is 2.93 bits per heavy atom. The largest absolute Gasteiger partial charge is 0.508 e. The van der Waals surface area contributed by atoms with E-state index in [0.717, 1.165) is 24.9 Å². The summed E-state index contributed by atoms with van der Waals surface area (Å²) in [5.74, 6) is 1.94. The van der Waals surface area contributed by atoms with Crippen molar-refractivity contribution in [3.05, 3.63) is 81.7 Å². The van der Waals surface area contributed by atoms with Crippen LogP contribution < -0.4 is 15.7 Å². The number of alkyl halides is 1. The van der Waals surface area contributed by atoms with Crippen molar-refractivity contribution in [2.24, 2.45) is 0 Å². The lowest BCUT2D eigenvalue weighted by molar-refractivity contribution is 0.107. The first-order valence-electron chi connectivity index (χ1n) is 15.2. The molecule has 9 nitrogen and oxygen atoms in total. The molecule has 0 unspecified atom stereocenters. The molecule has 46 heavy (non-hydrogen) atoms. The van der Waals surface area contributed by atoms with Crippen LogP contribution in [0.25, 0.3) is 33.0 Å². The summed E-state index contributed by atoms with van der Waals surface area (Å²) in [6.45, 7) is 3.52. The number of nitrogens with zero attached hydrogens (tertiary/aromatic N) is 4. The zero-order chi connectivity index (χ0) is 32.0. The summed E-state index contributed by atoms with van der Waals surface area (Å²) in [6, 6.07) is 9.39. The Balaban J connectivity index is 1.35. The van der Waals surface area contributed by atoms with E-state index in [1.807, 2.05) is 12.1 Å². The molecule has 2 atom stereocenters. The minimum Gasteiger partial charge on any atom is -0.508 e. The van der Waals surface area contributed by atoms with Crippen LogP contribution in [0.5, 0.6) is 11.8 Å². The summed E-state index contributed by atoms with van der Waals surface area (Å²) in [6.07, 6.45) is 11.0. The highest BCUT2D eigenvalue weighted by molar-refractivity contribution is 6.03. The highest BCUT2D eigenvalue weighted by atomic mass is 19.1. The van der Waals surface area contributed by atoms with Gasteiger partial charge in [-0.3, -0.25) is 9.88 Å². The molecule has 7 rings (SSSR count). The van der Waals surface area contributed by atoms with Crippen LogP contribution >= 0.6 is 0 Å². The van der Waals surface area contributed by atoms with Gasteiger partial charge in [0.25, 0.3) is 0 Å². The smallest absolute Gasteiger partial charge is 0.349 e. The van der Waals surface area contributed by atoms with Crippen molar-refractivity contribution in [2.75, 3.05) is 31.6 Å². The highest BCUT2D eigenvalue weighted by Crippen LogP contribution is 2.41. The molecule has 5 aromatic rings. The first-order valence-corrected chi connectivity index (χ1v) is 15.2. The van der Waals surface area contributed by atoms with Gasteiger partial charge in [-0.1, -0.05) is 18.1 Å². The maximum absolute atomic E-state index is 14.9. The molecule has 2 aliphatic rings. The number of fused-ring (bicyclic) bond motifs is 3. The van der Waals surface area contributed by atoms with Crippen molar-refractivity contribution in [3.8, 4) is 35.4 Å². The number of anilines is 1. The van der Waals surface area contributed by atoms with Crippen LogP contribution in [0.4, 0.5) is 14.6 Å². The van der Waals surface area contributed by atoms with Gasteiger partial charge < -0.3 is 19.6 Å². The minimum absolute atomic E-state index is 0.0238. The van der Waals surface area contributed by atoms with E-state index in [0.29, 0.717) is 42.3 Å². The van der Waals surface area contributed by atoms with Gasteiger partial charge in [0.2, 0.25) is 0 Å². The number of hydrogen-bond donors (Lipinski definition) is 2. The predicted molar refractivity (Wildman–Crippen MR) is 170 cm³/mol. The lowest BCUT2D eigenvalue weighted by Gasteiger charge is -2.30. The van der Waals surface area contributed by atoms with Gasteiger partial charge >= 0.3 is 11.6 Å². The molecule has 0 bridgehead atoms. The number of phenols is 1. The summed E-state index contributed by atoms with van der Waals surface area (Å²) in [4.78, 5) is 29.3. The summed E-state index contributed by atoms with van der Waals surface area (Å²) in [5.41, 5.74) is 0.724. The van der Waals surface area contributed by atoms with E-state index in [1.165, 1.54) is 24.3 Å². The second-order valence-electron chi connectivity index (χ2n) is 12.0. The maximum Gasteiger partial charge on any atom is 0.349 e. The van der Waals surface area contributed by atoms with Gasteiger partial charge in [-0.2, -0.15) is 9.97 Å². The van der Waals surface area contributed by atoms with Crippen LogP contribution in [-0.4, -0.2) is 62.9 Å². The van der Waals surface area contributed by atoms with Crippen molar-refractivity contribution in [3.63, 3.8) is 0 Å². The standard InChI is InChI=1S/C35H31F2N5O4/c1-3-25-27(37)8-7-22-14-24(43)15-26(28(22)25)31-20(2)30-29(33(44)46-31)32(39-12-9-21-6-4-11-38-17-21)41-34(40-30)45-19-35-10-5-13-42(35)18-23(36)16-35/h1,4,6-8,11,14-15,17,23,43H,5,9-10,12-13,16,18-19H2,2H3,(H,39,40,41)/t23-,35+/m1/s1. The molecule has 11 heteroatoms. The van der Waals surface area contributed by atoms with Gasteiger partial charge in [0.15, 0.2) is 0 Å². The summed E-state index contributed by atoms with van der Waals surface area (Å²) in [7, 11) is 0. The average molecular weight is 624 g/mol. The molecular weight excluding hydrogens is 592 g/mol. The average Bonchev–Trinajstić information content (AvgIpc) is 3.57. The number of aromatic nitrogens is 3. The molecule has 2 aromatic carbocycles. The number of ether oxygens (including phenoxy) is 1. The number of aryl methyl sites for hydroxylation is 1. The number of aromatic hydroxyl groups is 1. The minimum atomic E-state index is -0.921. The molecule has 2 N–H and O–H groups in total. The van der Waals surface area contributed by atoms with E-state index in [4.69, 9.17) is 15.6 Å². The quantitative estimate of drug-likeness (QED) is 0.215. The predicted octanol–water partition coefficient (Wildman–Crippen LogP) is 5.54. The molecule has 2 fully saturated rings. The van der Waals surface area contributed by atoms with E-state index >= 15 is 0 Å². The fourth-order valence-electron chi connectivity index (χ4n) is 6.95. The summed E-state index contributed by atoms with van der Waals surface area (Å²) in [5, 5.41) is 14.7. The Labute approximate surface area is 263 Å². The fraction of sp³-hybridized carbons (Fsp3) is 0.314. The lowest BCUT2D eigenvalue weighted by Crippen LogP contribution is -2.43. The zero-order valence-electron chi connectivity index (χ0n) is 25.1. The molecule has 5 heterocycles. The lowest BCUT2D eigenvalue weighted by atomic mass is 9.95. The second-order valence-corrected chi connectivity index (χ2v) is 12.0. The van der Waals surface area contributed by atoms with Crippen molar-refractivity contribution in [1.82, 2.24) is 19.9 Å². The molecule has 234 valence electrons. The second kappa shape index (κ2) is 11.7. The first-order chi connectivity index (χ1) is 22.3. The summed E-state index contributed by atoms with van der Waals surface area (Å²) >= 11 is 0. The van der Waals surface area contributed by atoms with Crippen molar-refractivity contribution >= 4 is 27.5 Å². The van der Waals surface area contributed by atoms with Crippen LogP contribution in [0.15, 0.2) is 58.0 Å². The van der Waals surface area contributed by atoms with Crippen LogP contribution in [0, 0.1) is 25.1 Å². The number of benzene rings is 2. The van der Waals surface area contributed by atoms with Gasteiger partial charge in [-0.05, 0) is 67.9 Å². The van der Waals surface area contributed by atoms with Crippen molar-refractivity contribution < 1.29 is 23.0 Å². The van der Waals surface area contributed by atoms with E-state index in [-0.39, 0.29) is 52.0 Å². The number of terminal acetylenes is 1. The van der Waals surface area contributed by atoms with E-state index < -0.39 is 23.2 Å². The fourth-order valence-corrected chi connectivity index (χ4v) is 6.95. The molecule has 3 aromatic heterocycles. The van der Waals surface area contributed by atoms with E-state index in [1.54, 1.807) is 19.3 Å². The molecule has 0 radical (unpaired) electrons. The number of halogens is 2. The Hall–Kier alpha value is -5.08. The Morgan fingerprint density at radius 2 is 2.13 bits per heavy atom. The summed E-state index contributed by atoms with van der Waals surface area (Å²) < 4.78 is 41.4. The van der Waals surface area contributed by atoms with Crippen LogP contribution in [0.1, 0.15) is 36.0 Å². The Bertz CT molecular complexity index is 2080. The molecule has 2 saturated heterocycles. The molecule has 2 aliphatic heterocycles. The number of nitrogens with one attached hydrogen (secondary N) is 1. The van der Waals surface area contributed by atoms with Crippen LogP contribution in [0.2, 0.25) is 0 Å². The van der Waals surface area contributed by atoms with Crippen molar-refractivity contribution in [2.45, 2.75) is 44.3 Å². The molecule has 0 saturated carbocycles. The molecular formula is C35H31F2N5O4. The maximum atomic E-state index is 14.9.